The van der Waals surface area contributed by atoms with E-state index in [0.29, 0.717) is 11.4 Å². The number of rotatable bonds is 12. The Morgan fingerprint density at radius 1 is 1.08 bits per heavy atom. The molecule has 3 amide bonds. The number of aliphatic hydroxyl groups excluding tert-OH is 1. The predicted molar refractivity (Wildman–Crippen MR) is 193 cm³/mol. The van der Waals surface area contributed by atoms with Gasteiger partial charge in [-0.1, -0.05) is 39.7 Å². The highest BCUT2D eigenvalue weighted by atomic mass is 32.1. The molecular formula is C36H47FN6O5S. The van der Waals surface area contributed by atoms with E-state index in [1.807, 2.05) is 25.4 Å². The number of benzene rings is 1. The average Bonchev–Trinajstić information content (AvgIpc) is 3.52. The van der Waals surface area contributed by atoms with Gasteiger partial charge in [-0.15, -0.1) is 11.3 Å². The van der Waals surface area contributed by atoms with Gasteiger partial charge in [-0.2, -0.15) is 0 Å². The number of aryl methyl sites for hydroxylation is 1. The Bertz CT molecular complexity index is 1640. The molecule has 0 radical (unpaired) electrons. The molecule has 4 heterocycles. The van der Waals surface area contributed by atoms with Crippen molar-refractivity contribution in [2.75, 3.05) is 32.1 Å². The number of aliphatic hydroxyl groups is 1. The molecule has 0 saturated carbocycles. The van der Waals surface area contributed by atoms with E-state index in [1.165, 1.54) is 36.0 Å². The van der Waals surface area contributed by atoms with Crippen LogP contribution in [0.3, 0.4) is 0 Å². The van der Waals surface area contributed by atoms with Gasteiger partial charge >= 0.3 is 6.03 Å². The molecule has 0 unspecified atom stereocenters. The summed E-state index contributed by atoms with van der Waals surface area (Å²) in [4.78, 5) is 43.8. The summed E-state index contributed by atoms with van der Waals surface area (Å²) in [6.45, 7) is 8.93. The van der Waals surface area contributed by atoms with E-state index in [9.17, 15) is 14.0 Å². The third-order valence-corrected chi connectivity index (χ3v) is 8.61. The number of likely N-dealkylation sites (N-methyl/N-ethyl adjacent to an activating group) is 1. The van der Waals surface area contributed by atoms with E-state index < -0.39 is 12.4 Å². The van der Waals surface area contributed by atoms with Gasteiger partial charge in [0.2, 0.25) is 5.91 Å². The maximum atomic E-state index is 14.8. The molecule has 1 aliphatic heterocycles. The summed E-state index contributed by atoms with van der Waals surface area (Å²) in [5.41, 5.74) is 3.15. The van der Waals surface area contributed by atoms with Gasteiger partial charge in [0.1, 0.15) is 18.6 Å². The lowest BCUT2D eigenvalue weighted by Gasteiger charge is -2.36. The number of likely N-dealkylation sites (tertiary alicyclic amines) is 1. The van der Waals surface area contributed by atoms with E-state index >= 15 is 0 Å². The number of fused-ring (bicyclic) bond motifs is 1. The monoisotopic (exact) mass is 694 g/mol. The fourth-order valence-electron chi connectivity index (χ4n) is 5.08. The minimum Gasteiger partial charge on any atom is -0.453 e. The molecule has 3 aromatic heterocycles. The molecule has 4 N–H and O–H groups in total. The number of halogens is 1. The molecule has 0 aliphatic carbocycles. The van der Waals surface area contributed by atoms with E-state index in [2.05, 4.69) is 57.7 Å². The van der Waals surface area contributed by atoms with Crippen LogP contribution >= 0.6 is 11.3 Å². The zero-order valence-corrected chi connectivity index (χ0v) is 29.6. The molecule has 1 aliphatic rings. The van der Waals surface area contributed by atoms with Gasteiger partial charge in [0.05, 0.1) is 26.8 Å². The number of thiophene rings is 1. The predicted octanol–water partition coefficient (Wildman–Crippen LogP) is 6.56. The van der Waals surface area contributed by atoms with Crippen LogP contribution in [0, 0.1) is 5.82 Å². The van der Waals surface area contributed by atoms with Gasteiger partial charge in [0.25, 0.3) is 0 Å². The Morgan fingerprint density at radius 2 is 1.80 bits per heavy atom. The van der Waals surface area contributed by atoms with Crippen LogP contribution in [0.5, 0.6) is 11.5 Å². The van der Waals surface area contributed by atoms with E-state index in [4.69, 9.17) is 14.6 Å². The summed E-state index contributed by atoms with van der Waals surface area (Å²) in [5, 5.41) is 16.8. The van der Waals surface area contributed by atoms with Crippen molar-refractivity contribution in [2.24, 2.45) is 0 Å². The van der Waals surface area contributed by atoms with Crippen LogP contribution in [0.2, 0.25) is 0 Å². The molecule has 0 bridgehead atoms. The maximum Gasteiger partial charge on any atom is 0.319 e. The number of ether oxygens (including phenoxy) is 1. The van der Waals surface area contributed by atoms with Crippen molar-refractivity contribution in [1.29, 1.82) is 0 Å². The van der Waals surface area contributed by atoms with Crippen molar-refractivity contribution in [2.45, 2.75) is 71.9 Å². The van der Waals surface area contributed by atoms with Gasteiger partial charge in [0.15, 0.2) is 11.6 Å². The third kappa shape index (κ3) is 12.2. The van der Waals surface area contributed by atoms with Gasteiger partial charge < -0.3 is 35.5 Å². The van der Waals surface area contributed by atoms with Crippen molar-refractivity contribution in [3.8, 4) is 22.1 Å². The Labute approximate surface area is 291 Å². The minimum atomic E-state index is -0.570. The van der Waals surface area contributed by atoms with Gasteiger partial charge in [0, 0.05) is 49.3 Å². The normalized spacial score (nSPS) is 12.6. The number of amides is 3. The standard InChI is InChI=1S/C25H24FN5O2S.C9H19NO2.C2H4O/c1-3-15-4-6-19(28-12-15)23-11-20-24(34-23)22(8-9-27-20)33-21-7-5-16(10-18(21)26)29-25(32)30-17-13-31(2)14-17;1-3-5-8(6-4-2)10-9(12)7-11;1-2-3/h4-12,17H,3,13-14H2,1-2H3,(H2,29,30,32);8,11H,3-7H2,1-2H3,(H,10,12);2H,1H3. The lowest BCUT2D eigenvalue weighted by atomic mass is 10.1. The number of pyridine rings is 2. The number of aromatic nitrogens is 2. The first-order valence-electron chi connectivity index (χ1n) is 16.5. The lowest BCUT2D eigenvalue weighted by molar-refractivity contribution is -0.124. The molecule has 5 rings (SSSR count). The zero-order valence-electron chi connectivity index (χ0n) is 28.8. The summed E-state index contributed by atoms with van der Waals surface area (Å²) < 4.78 is 21.5. The van der Waals surface area contributed by atoms with Crippen LogP contribution in [0.1, 0.15) is 58.9 Å². The number of urea groups is 1. The van der Waals surface area contributed by atoms with E-state index in [-0.39, 0.29) is 29.8 Å². The third-order valence-electron chi connectivity index (χ3n) is 7.45. The smallest absolute Gasteiger partial charge is 0.319 e. The van der Waals surface area contributed by atoms with Gasteiger partial charge in [-0.25, -0.2) is 9.18 Å². The first-order chi connectivity index (χ1) is 23.6. The van der Waals surface area contributed by atoms with Gasteiger partial charge in [-0.3, -0.25) is 14.8 Å². The van der Waals surface area contributed by atoms with E-state index in [0.717, 1.165) is 72.3 Å². The van der Waals surface area contributed by atoms with Crippen LogP contribution in [0.25, 0.3) is 20.8 Å². The molecule has 13 heteroatoms. The number of nitrogens with one attached hydrogen (secondary N) is 3. The maximum absolute atomic E-state index is 14.8. The molecule has 264 valence electrons. The molecule has 49 heavy (non-hydrogen) atoms. The minimum absolute atomic E-state index is 0.0689. The second-order valence-electron chi connectivity index (χ2n) is 11.5. The summed E-state index contributed by atoms with van der Waals surface area (Å²) in [7, 11) is 1.98. The van der Waals surface area contributed by atoms with Crippen LogP contribution in [-0.2, 0) is 16.0 Å². The Kier molecular flexibility index (Phi) is 16.0. The first kappa shape index (κ1) is 39.0. The lowest BCUT2D eigenvalue weighted by Crippen LogP contribution is -2.58. The SMILES string of the molecule is CC=O.CCCC(CCC)NC(=O)CO.CCc1ccc(-c2cc3nccc(Oc4ccc(NC(=O)NC5CN(C)C5)cc4F)c3s2)nc1. The number of carbonyl (C=O) groups is 3. The Hall–Kier alpha value is -4.46. The molecular weight excluding hydrogens is 647 g/mol. The first-order valence-corrected chi connectivity index (χ1v) is 17.3. The number of aldehydes is 1. The van der Waals surface area contributed by atoms with Crippen molar-refractivity contribution in [3.05, 3.63) is 66.2 Å². The number of anilines is 1. The Morgan fingerprint density at radius 3 is 2.37 bits per heavy atom. The molecule has 4 aromatic rings. The summed E-state index contributed by atoms with van der Waals surface area (Å²) in [5.74, 6) is -0.251. The number of hydrogen-bond acceptors (Lipinski definition) is 9. The highest BCUT2D eigenvalue weighted by Crippen LogP contribution is 2.39. The highest BCUT2D eigenvalue weighted by Gasteiger charge is 2.24. The number of hydrogen-bond donors (Lipinski definition) is 4. The topological polar surface area (TPSA) is 146 Å². The van der Waals surface area contributed by atoms with Gasteiger partial charge in [-0.05, 0) is 63.1 Å². The summed E-state index contributed by atoms with van der Waals surface area (Å²) >= 11 is 1.50. The summed E-state index contributed by atoms with van der Waals surface area (Å²) in [6.07, 6.45) is 9.33. The largest absolute Gasteiger partial charge is 0.453 e. The van der Waals surface area contributed by atoms with Crippen LogP contribution in [-0.4, -0.2) is 77.0 Å². The second-order valence-corrected chi connectivity index (χ2v) is 12.6. The van der Waals surface area contributed by atoms with Crippen molar-refractivity contribution in [3.63, 3.8) is 0 Å². The van der Waals surface area contributed by atoms with E-state index in [1.54, 1.807) is 18.3 Å². The van der Waals surface area contributed by atoms with Crippen LogP contribution < -0.4 is 20.7 Å². The molecule has 1 fully saturated rings. The molecule has 1 saturated heterocycles. The zero-order chi connectivity index (χ0) is 35.8. The Balaban J connectivity index is 0.000000366. The average molecular weight is 695 g/mol. The van der Waals surface area contributed by atoms with Crippen molar-refractivity contribution < 1.29 is 28.6 Å². The van der Waals surface area contributed by atoms with Crippen LogP contribution in [0.4, 0.5) is 14.9 Å². The number of nitrogens with zero attached hydrogens (tertiary/aromatic N) is 3. The number of carbonyl (C=O) groups excluding carboxylic acids is 3. The highest BCUT2D eigenvalue weighted by molar-refractivity contribution is 7.22. The molecule has 0 spiro atoms. The molecule has 11 nitrogen and oxygen atoms in total. The molecule has 1 aromatic carbocycles. The quantitative estimate of drug-likeness (QED) is 0.122. The second kappa shape index (κ2) is 20.1. The van der Waals surface area contributed by atoms with Crippen molar-refractivity contribution >= 4 is 45.5 Å². The molecule has 0 atom stereocenters. The van der Waals surface area contributed by atoms with Crippen molar-refractivity contribution in [1.82, 2.24) is 25.5 Å². The fraction of sp³-hybridized carbons (Fsp3) is 0.417. The summed E-state index contributed by atoms with van der Waals surface area (Å²) in [6, 6.07) is 12.1. The van der Waals surface area contributed by atoms with Crippen LogP contribution in [0.15, 0.2) is 54.9 Å². The fourth-order valence-corrected chi connectivity index (χ4v) is 6.12.